The van der Waals surface area contributed by atoms with Crippen molar-refractivity contribution in [3.63, 3.8) is 0 Å². The molecule has 0 saturated carbocycles. The maximum atomic E-state index is 12.2. The van der Waals surface area contributed by atoms with E-state index in [2.05, 4.69) is 10.4 Å². The molecule has 20 heavy (non-hydrogen) atoms. The lowest BCUT2D eigenvalue weighted by Gasteiger charge is -2.15. The molecule has 1 amide bonds. The van der Waals surface area contributed by atoms with Gasteiger partial charge in [0, 0.05) is 26.3 Å². The third-order valence-electron chi connectivity index (χ3n) is 3.23. The summed E-state index contributed by atoms with van der Waals surface area (Å²) in [7, 11) is 1.88. The summed E-state index contributed by atoms with van der Waals surface area (Å²) in [5.74, 6) is -0.312. The number of nitrogens with two attached hydrogens (primary N) is 1. The van der Waals surface area contributed by atoms with Crippen molar-refractivity contribution >= 4 is 5.91 Å². The van der Waals surface area contributed by atoms with Crippen molar-refractivity contribution in [1.29, 1.82) is 0 Å². The van der Waals surface area contributed by atoms with E-state index in [1.807, 2.05) is 49.8 Å². The van der Waals surface area contributed by atoms with Gasteiger partial charge in [-0.25, -0.2) is 0 Å². The lowest BCUT2D eigenvalue weighted by Crippen LogP contribution is -2.34. The molecule has 1 aromatic heterocycles. The van der Waals surface area contributed by atoms with Crippen molar-refractivity contribution in [2.45, 2.75) is 12.3 Å². The molecule has 1 unspecified atom stereocenters. The monoisotopic (exact) mass is 272 g/mol. The highest BCUT2D eigenvalue weighted by Gasteiger charge is 2.18. The number of carbonyl (C=O) groups excluding carboxylic acids is 1. The van der Waals surface area contributed by atoms with Gasteiger partial charge >= 0.3 is 0 Å². The number of nitrogens with zero attached hydrogens (tertiary/aromatic N) is 2. The van der Waals surface area contributed by atoms with Crippen LogP contribution in [0.3, 0.4) is 0 Å². The smallest absolute Gasteiger partial charge is 0.228 e. The molecular weight excluding hydrogens is 252 g/mol. The van der Waals surface area contributed by atoms with E-state index in [-0.39, 0.29) is 11.8 Å². The molecule has 2 rings (SSSR count). The normalized spacial score (nSPS) is 12.1. The Morgan fingerprint density at radius 1 is 1.40 bits per heavy atom. The van der Waals surface area contributed by atoms with Crippen LogP contribution in [0.4, 0.5) is 0 Å². The minimum atomic E-state index is -0.287. The van der Waals surface area contributed by atoms with E-state index in [4.69, 9.17) is 5.73 Å². The summed E-state index contributed by atoms with van der Waals surface area (Å²) in [5, 5.41) is 7.03. The molecule has 1 heterocycles. The number of aromatic nitrogens is 2. The van der Waals surface area contributed by atoms with Gasteiger partial charge in [0.25, 0.3) is 0 Å². The Labute approximate surface area is 118 Å². The van der Waals surface area contributed by atoms with Crippen LogP contribution in [0.1, 0.15) is 17.0 Å². The van der Waals surface area contributed by atoms with E-state index < -0.39 is 0 Å². The molecule has 0 spiro atoms. The van der Waals surface area contributed by atoms with Crippen molar-refractivity contribution in [1.82, 2.24) is 15.1 Å². The first-order chi connectivity index (χ1) is 9.70. The van der Waals surface area contributed by atoms with E-state index in [0.29, 0.717) is 13.1 Å². The fraction of sp³-hybridized carbons (Fsp3) is 0.333. The van der Waals surface area contributed by atoms with E-state index in [9.17, 15) is 4.79 Å². The predicted octanol–water partition coefficient (Wildman–Crippen LogP) is 0.821. The van der Waals surface area contributed by atoms with E-state index in [0.717, 1.165) is 17.5 Å². The molecule has 0 aliphatic rings. The topological polar surface area (TPSA) is 72.9 Å². The van der Waals surface area contributed by atoms with Crippen LogP contribution >= 0.6 is 0 Å². The Kier molecular flexibility index (Phi) is 4.90. The summed E-state index contributed by atoms with van der Waals surface area (Å²) in [6.45, 7) is 0.899. The average molecular weight is 272 g/mol. The molecule has 106 valence electrons. The zero-order valence-electron chi connectivity index (χ0n) is 11.6. The van der Waals surface area contributed by atoms with Crippen LogP contribution in [0.2, 0.25) is 0 Å². The zero-order chi connectivity index (χ0) is 14.4. The Hall–Kier alpha value is -2.14. The summed E-state index contributed by atoms with van der Waals surface area (Å²) in [4.78, 5) is 12.2. The standard InChI is InChI=1S/C15H20N4O/c1-19-11-12(10-18-19)7-8-17-15(20)14(9-16)13-5-3-2-4-6-13/h2-6,10-11,14H,7-9,16H2,1H3,(H,17,20). The van der Waals surface area contributed by atoms with Gasteiger partial charge in [0.05, 0.1) is 12.1 Å². The summed E-state index contributed by atoms with van der Waals surface area (Å²) in [6, 6.07) is 9.62. The van der Waals surface area contributed by atoms with Crippen LogP contribution in [-0.2, 0) is 18.3 Å². The van der Waals surface area contributed by atoms with Gasteiger partial charge in [-0.1, -0.05) is 30.3 Å². The molecular formula is C15H20N4O. The first-order valence-corrected chi connectivity index (χ1v) is 6.71. The lowest BCUT2D eigenvalue weighted by molar-refractivity contribution is -0.122. The Balaban J connectivity index is 1.87. The van der Waals surface area contributed by atoms with Gasteiger partial charge < -0.3 is 11.1 Å². The second-order valence-corrected chi connectivity index (χ2v) is 4.76. The first-order valence-electron chi connectivity index (χ1n) is 6.71. The second-order valence-electron chi connectivity index (χ2n) is 4.76. The van der Waals surface area contributed by atoms with Crippen LogP contribution in [0.15, 0.2) is 42.7 Å². The van der Waals surface area contributed by atoms with Crippen molar-refractivity contribution in [2.75, 3.05) is 13.1 Å². The number of amides is 1. The Morgan fingerprint density at radius 2 is 2.15 bits per heavy atom. The summed E-state index contributed by atoms with van der Waals surface area (Å²) >= 11 is 0. The lowest BCUT2D eigenvalue weighted by atomic mass is 9.98. The Morgan fingerprint density at radius 3 is 2.75 bits per heavy atom. The predicted molar refractivity (Wildman–Crippen MR) is 78.2 cm³/mol. The maximum absolute atomic E-state index is 12.2. The maximum Gasteiger partial charge on any atom is 0.228 e. The first kappa shape index (κ1) is 14.3. The van der Waals surface area contributed by atoms with E-state index in [1.165, 1.54) is 0 Å². The van der Waals surface area contributed by atoms with Gasteiger partial charge in [0.15, 0.2) is 0 Å². The highest BCUT2D eigenvalue weighted by Crippen LogP contribution is 2.14. The molecule has 0 bridgehead atoms. The minimum absolute atomic E-state index is 0.0254. The van der Waals surface area contributed by atoms with Gasteiger partial charge in [-0.05, 0) is 17.5 Å². The average Bonchev–Trinajstić information content (AvgIpc) is 2.86. The number of rotatable bonds is 6. The molecule has 0 aliphatic heterocycles. The Bertz CT molecular complexity index is 550. The number of carbonyl (C=O) groups is 1. The van der Waals surface area contributed by atoms with Gasteiger partial charge in [-0.3, -0.25) is 9.48 Å². The molecule has 5 nitrogen and oxygen atoms in total. The van der Waals surface area contributed by atoms with Crippen molar-refractivity contribution in [3.05, 3.63) is 53.9 Å². The number of hydrogen-bond donors (Lipinski definition) is 2. The number of hydrogen-bond acceptors (Lipinski definition) is 3. The van der Waals surface area contributed by atoms with Crippen LogP contribution in [0, 0.1) is 0 Å². The van der Waals surface area contributed by atoms with Crippen molar-refractivity contribution < 1.29 is 4.79 Å². The summed E-state index contributed by atoms with van der Waals surface area (Å²) in [6.07, 6.45) is 4.53. The molecule has 1 aromatic carbocycles. The highest BCUT2D eigenvalue weighted by atomic mass is 16.1. The van der Waals surface area contributed by atoms with Crippen molar-refractivity contribution in [3.8, 4) is 0 Å². The van der Waals surface area contributed by atoms with Crippen LogP contribution in [-0.4, -0.2) is 28.8 Å². The third kappa shape index (κ3) is 3.68. The largest absolute Gasteiger partial charge is 0.355 e. The molecule has 3 N–H and O–H groups in total. The second kappa shape index (κ2) is 6.86. The number of nitrogens with one attached hydrogen (secondary N) is 1. The van der Waals surface area contributed by atoms with Gasteiger partial charge in [-0.2, -0.15) is 5.10 Å². The SMILES string of the molecule is Cn1cc(CCNC(=O)C(CN)c2ccccc2)cn1. The summed E-state index contributed by atoms with van der Waals surface area (Å²) in [5.41, 5.74) is 7.78. The summed E-state index contributed by atoms with van der Waals surface area (Å²) < 4.78 is 1.75. The van der Waals surface area contributed by atoms with Gasteiger partial charge in [0.2, 0.25) is 5.91 Å². The van der Waals surface area contributed by atoms with Crippen LogP contribution in [0.5, 0.6) is 0 Å². The van der Waals surface area contributed by atoms with Crippen LogP contribution in [0.25, 0.3) is 0 Å². The molecule has 1 atom stereocenters. The molecule has 0 aliphatic carbocycles. The molecule has 2 aromatic rings. The van der Waals surface area contributed by atoms with E-state index in [1.54, 1.807) is 4.68 Å². The van der Waals surface area contributed by atoms with Gasteiger partial charge in [0.1, 0.15) is 0 Å². The number of benzene rings is 1. The minimum Gasteiger partial charge on any atom is -0.355 e. The number of aryl methyl sites for hydroxylation is 1. The third-order valence-corrected chi connectivity index (χ3v) is 3.23. The fourth-order valence-corrected chi connectivity index (χ4v) is 2.13. The quantitative estimate of drug-likeness (QED) is 0.817. The van der Waals surface area contributed by atoms with E-state index >= 15 is 0 Å². The van der Waals surface area contributed by atoms with Crippen molar-refractivity contribution in [2.24, 2.45) is 12.8 Å². The molecule has 5 heteroatoms. The molecule has 0 fully saturated rings. The molecule has 0 radical (unpaired) electrons. The highest BCUT2D eigenvalue weighted by molar-refractivity contribution is 5.83. The van der Waals surface area contributed by atoms with Crippen LogP contribution < -0.4 is 11.1 Å². The molecule has 0 saturated heterocycles. The van der Waals surface area contributed by atoms with Gasteiger partial charge in [-0.15, -0.1) is 0 Å². The fourth-order valence-electron chi connectivity index (χ4n) is 2.13. The zero-order valence-corrected chi connectivity index (χ0v) is 11.6.